The van der Waals surface area contributed by atoms with Crippen LogP contribution in [-0.2, 0) is 24.1 Å². The van der Waals surface area contributed by atoms with Crippen molar-refractivity contribution < 1.29 is 27.5 Å². The summed E-state index contributed by atoms with van der Waals surface area (Å²) in [6, 6.07) is 3.84. The molecular formula is C14H21ClN2O6S. The van der Waals surface area contributed by atoms with E-state index >= 15 is 0 Å². The van der Waals surface area contributed by atoms with Gasteiger partial charge in [0.05, 0.1) is 30.7 Å². The standard InChI is InChI=1S/C14H20N2O6S.ClH/c1-21-5-4-15-9-13(17)16-11-6-10(14(18)22-2)7-12(8-11)23(3,19)20;/h6-8,15H,4-5,9H2,1-3H3,(H,16,17);1H. The Morgan fingerprint density at radius 3 is 2.38 bits per heavy atom. The number of benzene rings is 1. The summed E-state index contributed by atoms with van der Waals surface area (Å²) < 4.78 is 32.8. The maximum Gasteiger partial charge on any atom is 0.337 e. The van der Waals surface area contributed by atoms with Crippen LogP contribution in [0.2, 0.25) is 0 Å². The Hall–Kier alpha value is -1.68. The molecule has 8 nitrogen and oxygen atoms in total. The van der Waals surface area contributed by atoms with E-state index in [1.165, 1.54) is 25.3 Å². The minimum absolute atomic E-state index is 0. The Balaban J connectivity index is 0.00000529. The first-order chi connectivity index (χ1) is 10.8. The lowest BCUT2D eigenvalue weighted by molar-refractivity contribution is -0.115. The van der Waals surface area contributed by atoms with Gasteiger partial charge in [-0.15, -0.1) is 12.4 Å². The van der Waals surface area contributed by atoms with Crippen molar-refractivity contribution >= 4 is 39.8 Å². The lowest BCUT2D eigenvalue weighted by Crippen LogP contribution is -2.30. The lowest BCUT2D eigenvalue weighted by Gasteiger charge is -2.10. The van der Waals surface area contributed by atoms with E-state index in [9.17, 15) is 18.0 Å². The van der Waals surface area contributed by atoms with E-state index in [1.807, 2.05) is 0 Å². The molecule has 0 heterocycles. The molecule has 1 aromatic rings. The quantitative estimate of drug-likeness (QED) is 0.498. The van der Waals surface area contributed by atoms with Gasteiger partial charge < -0.3 is 20.1 Å². The summed E-state index contributed by atoms with van der Waals surface area (Å²) in [5.41, 5.74) is 0.241. The first-order valence-corrected chi connectivity index (χ1v) is 8.60. The molecule has 0 aromatic heterocycles. The molecule has 1 rings (SSSR count). The molecule has 0 saturated carbocycles. The van der Waals surface area contributed by atoms with Crippen LogP contribution in [0, 0.1) is 0 Å². The highest BCUT2D eigenvalue weighted by atomic mass is 35.5. The molecule has 1 aromatic carbocycles. The van der Waals surface area contributed by atoms with Crippen LogP contribution in [0.15, 0.2) is 23.1 Å². The number of hydrogen-bond acceptors (Lipinski definition) is 7. The van der Waals surface area contributed by atoms with E-state index in [1.54, 1.807) is 7.11 Å². The van der Waals surface area contributed by atoms with Crippen LogP contribution in [0.1, 0.15) is 10.4 Å². The third-order valence-corrected chi connectivity index (χ3v) is 3.90. The normalized spacial score (nSPS) is 10.6. The van der Waals surface area contributed by atoms with Crippen LogP contribution >= 0.6 is 12.4 Å². The lowest BCUT2D eigenvalue weighted by atomic mass is 10.2. The largest absolute Gasteiger partial charge is 0.465 e. The number of carbonyl (C=O) groups is 2. The highest BCUT2D eigenvalue weighted by Crippen LogP contribution is 2.19. The molecule has 10 heteroatoms. The zero-order valence-corrected chi connectivity index (χ0v) is 15.3. The molecule has 136 valence electrons. The van der Waals surface area contributed by atoms with Crippen LogP contribution in [0.5, 0.6) is 0 Å². The van der Waals surface area contributed by atoms with E-state index in [2.05, 4.69) is 15.4 Å². The topological polar surface area (TPSA) is 111 Å². The first kappa shape index (κ1) is 22.3. The molecule has 0 fully saturated rings. The Morgan fingerprint density at radius 1 is 1.17 bits per heavy atom. The Kier molecular flexibility index (Phi) is 9.52. The summed E-state index contributed by atoms with van der Waals surface area (Å²) in [7, 11) is -0.805. The molecule has 0 aliphatic carbocycles. The molecule has 2 N–H and O–H groups in total. The van der Waals surface area contributed by atoms with Gasteiger partial charge in [0.25, 0.3) is 0 Å². The van der Waals surface area contributed by atoms with Gasteiger partial charge in [-0.25, -0.2) is 13.2 Å². The molecule has 0 spiro atoms. The Bertz CT molecular complexity index is 678. The number of methoxy groups -OCH3 is 2. The molecule has 0 atom stereocenters. The minimum atomic E-state index is -3.54. The number of nitrogens with one attached hydrogen (secondary N) is 2. The van der Waals surface area contributed by atoms with E-state index in [-0.39, 0.29) is 41.0 Å². The summed E-state index contributed by atoms with van der Waals surface area (Å²) >= 11 is 0. The number of ether oxygens (including phenoxy) is 2. The van der Waals surface area contributed by atoms with Crippen molar-refractivity contribution in [3.63, 3.8) is 0 Å². The van der Waals surface area contributed by atoms with E-state index in [0.29, 0.717) is 13.2 Å². The summed E-state index contributed by atoms with van der Waals surface area (Å²) in [6.45, 7) is 0.990. The summed E-state index contributed by atoms with van der Waals surface area (Å²) in [6.07, 6.45) is 1.02. The monoisotopic (exact) mass is 380 g/mol. The molecule has 0 bridgehead atoms. The van der Waals surface area contributed by atoms with Crippen molar-refractivity contribution in [3.05, 3.63) is 23.8 Å². The number of anilines is 1. The van der Waals surface area contributed by atoms with E-state index < -0.39 is 15.8 Å². The van der Waals surface area contributed by atoms with Crippen LogP contribution in [0.4, 0.5) is 5.69 Å². The number of carbonyl (C=O) groups excluding carboxylic acids is 2. The van der Waals surface area contributed by atoms with Gasteiger partial charge in [0.2, 0.25) is 5.91 Å². The molecule has 0 aliphatic rings. The van der Waals surface area contributed by atoms with Gasteiger partial charge in [-0.1, -0.05) is 0 Å². The van der Waals surface area contributed by atoms with E-state index in [0.717, 1.165) is 6.26 Å². The second-order valence-electron chi connectivity index (χ2n) is 4.73. The smallest absolute Gasteiger partial charge is 0.337 e. The van der Waals surface area contributed by atoms with Gasteiger partial charge in [0, 0.05) is 25.6 Å². The van der Waals surface area contributed by atoms with Crippen molar-refractivity contribution in [1.29, 1.82) is 0 Å². The average molecular weight is 381 g/mol. The van der Waals surface area contributed by atoms with Gasteiger partial charge in [0.1, 0.15) is 0 Å². The number of esters is 1. The number of halogens is 1. The predicted molar refractivity (Wildman–Crippen MR) is 91.5 cm³/mol. The SMILES string of the molecule is COCCNCC(=O)Nc1cc(C(=O)OC)cc(S(C)(=O)=O)c1.Cl. The fourth-order valence-electron chi connectivity index (χ4n) is 1.70. The highest BCUT2D eigenvalue weighted by Gasteiger charge is 2.15. The summed E-state index contributed by atoms with van der Waals surface area (Å²) in [5.74, 6) is -1.06. The van der Waals surface area contributed by atoms with Crippen molar-refractivity contribution in [2.24, 2.45) is 0 Å². The summed E-state index contributed by atoms with van der Waals surface area (Å²) in [4.78, 5) is 23.3. The fourth-order valence-corrected chi connectivity index (χ4v) is 2.38. The zero-order valence-electron chi connectivity index (χ0n) is 13.6. The van der Waals surface area contributed by atoms with Crippen molar-refractivity contribution in [2.45, 2.75) is 4.90 Å². The van der Waals surface area contributed by atoms with Gasteiger partial charge in [-0.05, 0) is 18.2 Å². The number of hydrogen-bond donors (Lipinski definition) is 2. The first-order valence-electron chi connectivity index (χ1n) is 6.71. The maximum atomic E-state index is 11.8. The van der Waals surface area contributed by atoms with Crippen LogP contribution in [0.3, 0.4) is 0 Å². The third-order valence-electron chi connectivity index (χ3n) is 2.81. The number of amides is 1. The third kappa shape index (κ3) is 7.26. The summed E-state index contributed by atoms with van der Waals surface area (Å²) in [5, 5.41) is 5.39. The van der Waals surface area contributed by atoms with Crippen LogP contribution in [-0.4, -0.2) is 60.5 Å². The zero-order chi connectivity index (χ0) is 17.5. The van der Waals surface area contributed by atoms with Gasteiger partial charge >= 0.3 is 5.97 Å². The number of rotatable bonds is 8. The predicted octanol–water partition coefficient (Wildman–Crippen LogP) is 0.473. The van der Waals surface area contributed by atoms with Crippen molar-refractivity contribution in [1.82, 2.24) is 5.32 Å². The van der Waals surface area contributed by atoms with Gasteiger partial charge in [-0.2, -0.15) is 0 Å². The highest BCUT2D eigenvalue weighted by molar-refractivity contribution is 7.90. The van der Waals surface area contributed by atoms with E-state index in [4.69, 9.17) is 4.74 Å². The molecular weight excluding hydrogens is 360 g/mol. The fraction of sp³-hybridized carbons (Fsp3) is 0.429. The van der Waals surface area contributed by atoms with Crippen molar-refractivity contribution in [2.75, 3.05) is 45.5 Å². The maximum absolute atomic E-state index is 11.8. The molecule has 24 heavy (non-hydrogen) atoms. The van der Waals surface area contributed by atoms with Crippen LogP contribution < -0.4 is 10.6 Å². The Labute approximate surface area is 147 Å². The van der Waals surface area contributed by atoms with Crippen molar-refractivity contribution in [3.8, 4) is 0 Å². The molecule has 0 unspecified atom stereocenters. The van der Waals surface area contributed by atoms with Crippen LogP contribution in [0.25, 0.3) is 0 Å². The van der Waals surface area contributed by atoms with Gasteiger partial charge in [0.15, 0.2) is 9.84 Å². The molecule has 0 radical (unpaired) electrons. The molecule has 0 saturated heterocycles. The minimum Gasteiger partial charge on any atom is -0.465 e. The second kappa shape index (κ2) is 10.2. The Morgan fingerprint density at radius 2 is 1.83 bits per heavy atom. The molecule has 0 aliphatic heterocycles. The second-order valence-corrected chi connectivity index (χ2v) is 6.74. The van der Waals surface area contributed by atoms with Gasteiger partial charge in [-0.3, -0.25) is 4.79 Å². The molecule has 1 amide bonds. The average Bonchev–Trinajstić information content (AvgIpc) is 2.49. The number of sulfone groups is 1.